The van der Waals surface area contributed by atoms with Crippen LogP contribution >= 0.6 is 0 Å². The van der Waals surface area contributed by atoms with Crippen molar-refractivity contribution in [2.45, 2.75) is 18.7 Å². The maximum atomic E-state index is 13.0. The molecule has 4 nitrogen and oxygen atoms in total. The Bertz CT molecular complexity index is 1020. The molecule has 1 unspecified atom stereocenters. The number of benzene rings is 2. The van der Waals surface area contributed by atoms with Crippen LogP contribution in [0, 0.1) is 19.3 Å². The van der Waals surface area contributed by atoms with Crippen LogP contribution < -0.4 is 0 Å². The number of fused-ring (bicyclic) bond motifs is 2. The molecule has 2 aromatic carbocycles. The molecule has 1 heterocycles. The lowest BCUT2D eigenvalue weighted by Gasteiger charge is -2.23. The number of nitrogens with zero attached hydrogens (tertiary/aromatic N) is 1. The molecular formula is C21H20NO3S. The summed E-state index contributed by atoms with van der Waals surface area (Å²) in [4.78, 5) is 12.6. The zero-order valence-corrected chi connectivity index (χ0v) is 15.6. The van der Waals surface area contributed by atoms with Gasteiger partial charge in [0.1, 0.15) is 0 Å². The summed E-state index contributed by atoms with van der Waals surface area (Å²) in [5.74, 6) is -0.0656. The SMILES string of the molecule is CC(=O)C1=C2CN(S(=O)(=O)c3ccc(C)cc3)CC2[CH]c2ccccc21. The fourth-order valence-electron chi connectivity index (χ4n) is 3.84. The standard InChI is InChI=1S/C21H20NO3S/c1-14-7-9-18(10-8-14)26(24,25)22-12-17-11-16-5-3-4-6-19(16)21(15(2)23)20(17)13-22/h3-11,17H,12-13H2,1-2H3. The van der Waals surface area contributed by atoms with Gasteiger partial charge in [-0.05, 0) is 49.1 Å². The molecule has 4 rings (SSSR count). The average molecular weight is 366 g/mol. The molecule has 0 amide bonds. The molecule has 2 aliphatic rings. The molecule has 1 saturated heterocycles. The third-order valence-electron chi connectivity index (χ3n) is 5.14. The van der Waals surface area contributed by atoms with E-state index in [0.717, 1.165) is 22.3 Å². The fourth-order valence-corrected chi connectivity index (χ4v) is 5.28. The first-order valence-electron chi connectivity index (χ1n) is 8.63. The van der Waals surface area contributed by atoms with Gasteiger partial charge in [0.15, 0.2) is 5.78 Å². The van der Waals surface area contributed by atoms with Gasteiger partial charge in [0.2, 0.25) is 10.0 Å². The van der Waals surface area contributed by atoms with Crippen molar-refractivity contribution >= 4 is 21.4 Å². The van der Waals surface area contributed by atoms with Gasteiger partial charge in [-0.3, -0.25) is 4.79 Å². The number of ketones is 1. The number of allylic oxidation sites excluding steroid dienone is 1. The van der Waals surface area contributed by atoms with Gasteiger partial charge in [0.25, 0.3) is 0 Å². The third-order valence-corrected chi connectivity index (χ3v) is 6.96. The highest BCUT2D eigenvalue weighted by molar-refractivity contribution is 7.89. The van der Waals surface area contributed by atoms with Gasteiger partial charge in [-0.2, -0.15) is 4.31 Å². The molecule has 133 valence electrons. The van der Waals surface area contributed by atoms with E-state index in [4.69, 9.17) is 0 Å². The average Bonchev–Trinajstić information content (AvgIpc) is 3.03. The largest absolute Gasteiger partial charge is 0.294 e. The van der Waals surface area contributed by atoms with Gasteiger partial charge in [0.05, 0.1) is 4.90 Å². The van der Waals surface area contributed by atoms with Crippen molar-refractivity contribution in [1.29, 1.82) is 0 Å². The maximum absolute atomic E-state index is 13.0. The van der Waals surface area contributed by atoms with Crippen LogP contribution in [0.25, 0.3) is 5.57 Å². The molecule has 0 aromatic heterocycles. The summed E-state index contributed by atoms with van der Waals surface area (Å²) in [5, 5.41) is 0. The monoisotopic (exact) mass is 366 g/mol. The summed E-state index contributed by atoms with van der Waals surface area (Å²) in [5.41, 5.74) is 4.51. The first kappa shape index (κ1) is 17.2. The van der Waals surface area contributed by atoms with Crippen molar-refractivity contribution in [2.24, 2.45) is 5.92 Å². The van der Waals surface area contributed by atoms with E-state index in [1.54, 1.807) is 31.2 Å². The highest BCUT2D eigenvalue weighted by Gasteiger charge is 2.40. The lowest BCUT2D eigenvalue weighted by molar-refractivity contribution is -0.111. The number of hydrogen-bond donors (Lipinski definition) is 0. The number of Topliss-reactive ketones (excluding diaryl/α,β-unsaturated/α-hetero) is 1. The van der Waals surface area contributed by atoms with Crippen molar-refractivity contribution < 1.29 is 13.2 Å². The minimum absolute atomic E-state index is 0.0138. The molecule has 1 atom stereocenters. The van der Waals surface area contributed by atoms with Crippen LogP contribution in [0.15, 0.2) is 59.0 Å². The van der Waals surface area contributed by atoms with Gasteiger partial charge < -0.3 is 0 Å². The predicted molar refractivity (Wildman–Crippen MR) is 101 cm³/mol. The van der Waals surface area contributed by atoms with Crippen molar-refractivity contribution in [3.05, 3.63) is 77.2 Å². The summed E-state index contributed by atoms with van der Waals surface area (Å²) in [7, 11) is -3.58. The van der Waals surface area contributed by atoms with Crippen LogP contribution in [0.3, 0.4) is 0 Å². The Morgan fingerprint density at radius 3 is 2.46 bits per heavy atom. The summed E-state index contributed by atoms with van der Waals surface area (Å²) < 4.78 is 27.6. The van der Waals surface area contributed by atoms with Crippen LogP contribution in [0.4, 0.5) is 0 Å². The van der Waals surface area contributed by atoms with Crippen LogP contribution in [0.5, 0.6) is 0 Å². The van der Waals surface area contributed by atoms with Crippen LogP contribution in [-0.2, 0) is 14.8 Å². The molecule has 5 heteroatoms. The molecule has 0 saturated carbocycles. The normalized spacial score (nSPS) is 20.0. The molecule has 1 radical (unpaired) electrons. The van der Waals surface area contributed by atoms with Crippen LogP contribution in [0.1, 0.15) is 23.6 Å². The number of carbonyl (C=O) groups is 1. The predicted octanol–water partition coefficient (Wildman–Crippen LogP) is 3.22. The van der Waals surface area contributed by atoms with E-state index in [2.05, 4.69) is 6.42 Å². The van der Waals surface area contributed by atoms with E-state index in [1.807, 2.05) is 31.2 Å². The van der Waals surface area contributed by atoms with Gasteiger partial charge in [-0.15, -0.1) is 0 Å². The van der Waals surface area contributed by atoms with Crippen molar-refractivity contribution in [3.8, 4) is 0 Å². The molecule has 1 aliphatic carbocycles. The van der Waals surface area contributed by atoms with Gasteiger partial charge in [-0.1, -0.05) is 42.0 Å². The lowest BCUT2D eigenvalue weighted by atomic mass is 9.79. The first-order valence-corrected chi connectivity index (χ1v) is 10.1. The zero-order chi connectivity index (χ0) is 18.5. The highest BCUT2D eigenvalue weighted by atomic mass is 32.2. The van der Waals surface area contributed by atoms with E-state index < -0.39 is 10.0 Å². The minimum atomic E-state index is -3.58. The second kappa shape index (κ2) is 6.18. The van der Waals surface area contributed by atoms with Crippen LogP contribution in [-0.4, -0.2) is 31.6 Å². The number of rotatable bonds is 3. The molecule has 1 aliphatic heterocycles. The van der Waals surface area contributed by atoms with E-state index >= 15 is 0 Å². The van der Waals surface area contributed by atoms with E-state index in [0.29, 0.717) is 17.0 Å². The Morgan fingerprint density at radius 2 is 1.77 bits per heavy atom. The van der Waals surface area contributed by atoms with Gasteiger partial charge in [-0.25, -0.2) is 8.42 Å². The van der Waals surface area contributed by atoms with E-state index in [9.17, 15) is 13.2 Å². The maximum Gasteiger partial charge on any atom is 0.243 e. The fraction of sp³-hybridized carbons (Fsp3) is 0.238. The van der Waals surface area contributed by atoms with Gasteiger partial charge >= 0.3 is 0 Å². The van der Waals surface area contributed by atoms with Crippen LogP contribution in [0.2, 0.25) is 0 Å². The Morgan fingerprint density at radius 1 is 1.08 bits per heavy atom. The van der Waals surface area contributed by atoms with Crippen molar-refractivity contribution in [3.63, 3.8) is 0 Å². The second-order valence-corrected chi connectivity index (χ2v) is 8.87. The molecule has 0 spiro atoms. The quantitative estimate of drug-likeness (QED) is 0.838. The number of aryl methyl sites for hydroxylation is 1. The summed E-state index contributed by atoms with van der Waals surface area (Å²) in [6, 6.07) is 14.7. The van der Waals surface area contributed by atoms with E-state index in [-0.39, 0.29) is 18.2 Å². The Labute approximate surface area is 154 Å². The van der Waals surface area contributed by atoms with Gasteiger partial charge in [0, 0.05) is 24.6 Å². The molecule has 26 heavy (non-hydrogen) atoms. The highest BCUT2D eigenvalue weighted by Crippen LogP contribution is 2.42. The van der Waals surface area contributed by atoms with Crippen molar-refractivity contribution in [1.82, 2.24) is 4.31 Å². The third kappa shape index (κ3) is 2.72. The topological polar surface area (TPSA) is 54.5 Å². The molecule has 0 bridgehead atoms. The first-order chi connectivity index (χ1) is 12.4. The molecule has 0 N–H and O–H groups in total. The summed E-state index contributed by atoms with van der Waals surface area (Å²) >= 11 is 0. The minimum Gasteiger partial charge on any atom is -0.294 e. The lowest BCUT2D eigenvalue weighted by Crippen LogP contribution is -2.29. The smallest absolute Gasteiger partial charge is 0.243 e. The molecule has 2 aromatic rings. The Kier molecular flexibility index (Phi) is 4.09. The zero-order valence-electron chi connectivity index (χ0n) is 14.8. The Balaban J connectivity index is 1.75. The summed E-state index contributed by atoms with van der Waals surface area (Å²) in [6.07, 6.45) is 2.09. The number of carbonyl (C=O) groups excluding carboxylic acids is 1. The van der Waals surface area contributed by atoms with Crippen molar-refractivity contribution in [2.75, 3.05) is 13.1 Å². The molecular weight excluding hydrogens is 346 g/mol. The summed E-state index contributed by atoms with van der Waals surface area (Å²) in [6.45, 7) is 4.12. The Hall–Kier alpha value is -2.24. The number of sulfonamides is 1. The second-order valence-electron chi connectivity index (χ2n) is 6.93. The van der Waals surface area contributed by atoms with E-state index in [1.165, 1.54) is 4.31 Å². The number of hydrogen-bond acceptors (Lipinski definition) is 3. The molecule has 1 fully saturated rings.